The second-order valence-electron chi connectivity index (χ2n) is 6.28. The minimum absolute atomic E-state index is 0.202. The van der Waals surface area contributed by atoms with Crippen molar-refractivity contribution in [3.05, 3.63) is 68.0 Å². The van der Waals surface area contributed by atoms with Crippen molar-refractivity contribution in [3.63, 3.8) is 0 Å². The minimum Gasteiger partial charge on any atom is -0.325 e. The highest BCUT2D eigenvalue weighted by Crippen LogP contribution is 2.34. The van der Waals surface area contributed by atoms with Gasteiger partial charge in [0, 0.05) is 15.7 Å². The van der Waals surface area contributed by atoms with Gasteiger partial charge in [-0.3, -0.25) is 19.3 Å². The Morgan fingerprint density at radius 2 is 1.86 bits per heavy atom. The molecule has 144 valence electrons. The largest absolute Gasteiger partial charge is 0.325 e. The molecule has 1 N–H and O–H groups in total. The van der Waals surface area contributed by atoms with E-state index in [0.29, 0.717) is 21.3 Å². The molecule has 0 aliphatic carbocycles. The van der Waals surface area contributed by atoms with E-state index in [9.17, 15) is 14.4 Å². The molecule has 8 heteroatoms. The van der Waals surface area contributed by atoms with Gasteiger partial charge in [-0.2, -0.15) is 0 Å². The van der Waals surface area contributed by atoms with Gasteiger partial charge in [0.1, 0.15) is 6.54 Å². The lowest BCUT2D eigenvalue weighted by Gasteiger charge is -2.13. The van der Waals surface area contributed by atoms with E-state index in [4.69, 9.17) is 23.2 Å². The van der Waals surface area contributed by atoms with Gasteiger partial charge in [0.15, 0.2) is 0 Å². The van der Waals surface area contributed by atoms with E-state index in [1.165, 1.54) is 6.08 Å². The fourth-order valence-corrected chi connectivity index (χ4v) is 3.85. The van der Waals surface area contributed by atoms with Gasteiger partial charge < -0.3 is 5.32 Å². The number of nitrogens with zero attached hydrogens (tertiary/aromatic N) is 1. The fraction of sp³-hybridized carbons (Fsp3) is 0.150. The number of aryl methyl sites for hydroxylation is 2. The van der Waals surface area contributed by atoms with Crippen LogP contribution in [0, 0.1) is 13.8 Å². The number of halogens is 2. The third kappa shape index (κ3) is 4.58. The summed E-state index contributed by atoms with van der Waals surface area (Å²) in [6.45, 7) is 3.55. The molecule has 28 heavy (non-hydrogen) atoms. The number of carbonyl (C=O) groups excluding carboxylic acids is 3. The summed E-state index contributed by atoms with van der Waals surface area (Å²) >= 11 is 12.8. The second kappa shape index (κ2) is 8.39. The predicted octanol–water partition coefficient (Wildman–Crippen LogP) is 5.29. The molecule has 1 saturated heterocycles. The molecule has 0 saturated carbocycles. The van der Waals surface area contributed by atoms with E-state index in [0.717, 1.165) is 27.8 Å². The molecule has 1 aliphatic heterocycles. The summed E-state index contributed by atoms with van der Waals surface area (Å²) < 4.78 is 0. The number of imide groups is 1. The minimum atomic E-state index is -0.531. The third-order valence-corrected chi connectivity index (χ3v) is 5.68. The SMILES string of the molecule is Cc1ccc(NC(=O)CN2C(=O)S/C(=C/c3ccc(Cl)cc3Cl)C2=O)cc1C. The van der Waals surface area contributed by atoms with Crippen LogP contribution in [-0.4, -0.2) is 28.5 Å². The standard InChI is InChI=1S/C20H16Cl2N2O3S/c1-11-3-6-15(7-12(11)2)23-18(25)10-24-19(26)17(28-20(24)27)8-13-4-5-14(21)9-16(13)22/h3-9H,10H2,1-2H3,(H,23,25)/b17-8+. The summed E-state index contributed by atoms with van der Waals surface area (Å²) in [5.41, 5.74) is 3.32. The zero-order valence-electron chi connectivity index (χ0n) is 15.1. The van der Waals surface area contributed by atoms with Crippen molar-refractivity contribution in [1.29, 1.82) is 0 Å². The number of nitrogens with one attached hydrogen (secondary N) is 1. The Labute approximate surface area is 176 Å². The van der Waals surface area contributed by atoms with Crippen LogP contribution in [0.1, 0.15) is 16.7 Å². The molecule has 1 aliphatic rings. The van der Waals surface area contributed by atoms with Crippen LogP contribution >= 0.6 is 35.0 Å². The van der Waals surface area contributed by atoms with E-state index < -0.39 is 17.1 Å². The topological polar surface area (TPSA) is 66.5 Å². The first kappa shape index (κ1) is 20.5. The van der Waals surface area contributed by atoms with Crippen LogP contribution in [0.25, 0.3) is 6.08 Å². The Morgan fingerprint density at radius 1 is 1.11 bits per heavy atom. The molecule has 0 radical (unpaired) electrons. The number of benzene rings is 2. The van der Waals surface area contributed by atoms with Gasteiger partial charge in [-0.05, 0) is 72.6 Å². The van der Waals surface area contributed by atoms with Crippen molar-refractivity contribution >= 4 is 63.8 Å². The van der Waals surface area contributed by atoms with Crippen molar-refractivity contribution in [1.82, 2.24) is 4.90 Å². The average Bonchev–Trinajstić information content (AvgIpc) is 2.88. The van der Waals surface area contributed by atoms with E-state index >= 15 is 0 Å². The number of thioether (sulfide) groups is 1. The molecule has 2 aromatic rings. The Balaban J connectivity index is 1.71. The van der Waals surface area contributed by atoms with E-state index in [2.05, 4.69) is 5.32 Å². The lowest BCUT2D eigenvalue weighted by molar-refractivity contribution is -0.127. The number of amides is 3. The first-order chi connectivity index (χ1) is 13.2. The van der Waals surface area contributed by atoms with Gasteiger partial charge in [0.2, 0.25) is 5.91 Å². The zero-order chi connectivity index (χ0) is 20.4. The van der Waals surface area contributed by atoms with Crippen LogP contribution in [0.3, 0.4) is 0 Å². The maximum atomic E-state index is 12.6. The van der Waals surface area contributed by atoms with Crippen molar-refractivity contribution < 1.29 is 14.4 Å². The molecule has 1 fully saturated rings. The molecule has 2 aromatic carbocycles. The van der Waals surface area contributed by atoms with Crippen molar-refractivity contribution in [2.75, 3.05) is 11.9 Å². The van der Waals surface area contributed by atoms with Crippen LogP contribution in [0.15, 0.2) is 41.3 Å². The Kier molecular flexibility index (Phi) is 6.13. The van der Waals surface area contributed by atoms with E-state index in [-0.39, 0.29) is 11.4 Å². The molecule has 1 heterocycles. The maximum absolute atomic E-state index is 12.6. The summed E-state index contributed by atoms with van der Waals surface area (Å²) in [6, 6.07) is 10.4. The molecule has 5 nitrogen and oxygen atoms in total. The predicted molar refractivity (Wildman–Crippen MR) is 114 cm³/mol. The number of hydrogen-bond donors (Lipinski definition) is 1. The van der Waals surface area contributed by atoms with Crippen LogP contribution in [-0.2, 0) is 9.59 Å². The van der Waals surface area contributed by atoms with Gasteiger partial charge in [-0.25, -0.2) is 0 Å². The lowest BCUT2D eigenvalue weighted by Crippen LogP contribution is -2.36. The van der Waals surface area contributed by atoms with Crippen molar-refractivity contribution in [2.24, 2.45) is 0 Å². The monoisotopic (exact) mass is 434 g/mol. The number of hydrogen-bond acceptors (Lipinski definition) is 4. The normalized spacial score (nSPS) is 15.4. The Morgan fingerprint density at radius 3 is 2.54 bits per heavy atom. The molecule has 0 atom stereocenters. The molecule has 0 aromatic heterocycles. The van der Waals surface area contributed by atoms with Crippen molar-refractivity contribution in [3.8, 4) is 0 Å². The number of carbonyl (C=O) groups is 3. The van der Waals surface area contributed by atoms with Gasteiger partial charge in [-0.1, -0.05) is 35.3 Å². The van der Waals surface area contributed by atoms with Crippen LogP contribution < -0.4 is 5.32 Å². The molecule has 3 rings (SSSR count). The van der Waals surface area contributed by atoms with E-state index in [1.54, 1.807) is 24.3 Å². The highest BCUT2D eigenvalue weighted by Gasteiger charge is 2.36. The summed E-state index contributed by atoms with van der Waals surface area (Å²) in [6.07, 6.45) is 1.52. The quantitative estimate of drug-likeness (QED) is 0.664. The molecular formula is C20H16Cl2N2O3S. The molecule has 0 spiro atoms. The summed E-state index contributed by atoms with van der Waals surface area (Å²) in [5, 5.41) is 3.04. The summed E-state index contributed by atoms with van der Waals surface area (Å²) in [4.78, 5) is 38.2. The van der Waals surface area contributed by atoms with Gasteiger partial charge in [0.25, 0.3) is 11.1 Å². The zero-order valence-corrected chi connectivity index (χ0v) is 17.4. The summed E-state index contributed by atoms with van der Waals surface area (Å²) in [5.74, 6) is -0.979. The third-order valence-electron chi connectivity index (χ3n) is 4.22. The molecule has 3 amide bonds. The first-order valence-corrected chi connectivity index (χ1v) is 9.89. The molecule has 0 unspecified atom stereocenters. The second-order valence-corrected chi connectivity index (χ2v) is 8.12. The average molecular weight is 435 g/mol. The van der Waals surface area contributed by atoms with Gasteiger partial charge in [0.05, 0.1) is 4.91 Å². The van der Waals surface area contributed by atoms with Gasteiger partial charge in [-0.15, -0.1) is 0 Å². The van der Waals surface area contributed by atoms with Crippen LogP contribution in [0.2, 0.25) is 10.0 Å². The fourth-order valence-electron chi connectivity index (χ4n) is 2.56. The van der Waals surface area contributed by atoms with E-state index in [1.807, 2.05) is 26.0 Å². The van der Waals surface area contributed by atoms with Gasteiger partial charge >= 0.3 is 0 Å². The highest BCUT2D eigenvalue weighted by molar-refractivity contribution is 8.18. The van der Waals surface area contributed by atoms with Crippen molar-refractivity contribution in [2.45, 2.75) is 13.8 Å². The number of rotatable bonds is 4. The summed E-state index contributed by atoms with van der Waals surface area (Å²) in [7, 11) is 0. The lowest BCUT2D eigenvalue weighted by atomic mass is 10.1. The smallest absolute Gasteiger partial charge is 0.294 e. The van der Waals surface area contributed by atoms with Crippen LogP contribution in [0.4, 0.5) is 10.5 Å². The highest BCUT2D eigenvalue weighted by atomic mass is 35.5. The Bertz CT molecular complexity index is 1020. The molecule has 0 bridgehead atoms. The Hall–Kier alpha value is -2.28. The number of anilines is 1. The first-order valence-electron chi connectivity index (χ1n) is 8.32. The van der Waals surface area contributed by atoms with Crippen LogP contribution in [0.5, 0.6) is 0 Å². The molecular weight excluding hydrogens is 419 g/mol. The maximum Gasteiger partial charge on any atom is 0.294 e.